The summed E-state index contributed by atoms with van der Waals surface area (Å²) >= 11 is 7.43. The molecule has 9 heteroatoms. The average molecular weight is 450 g/mol. The molecule has 6 nitrogen and oxygen atoms in total. The lowest BCUT2D eigenvalue weighted by Gasteiger charge is -2.33. The predicted octanol–water partition coefficient (Wildman–Crippen LogP) is 3.98. The minimum Gasteiger partial charge on any atom is -0.497 e. The molecule has 2 heterocycles. The van der Waals surface area contributed by atoms with Crippen LogP contribution in [0.25, 0.3) is 11.3 Å². The largest absolute Gasteiger partial charge is 0.497 e. The molecule has 1 fully saturated rings. The van der Waals surface area contributed by atoms with E-state index in [1.807, 2.05) is 29.6 Å². The molecule has 1 saturated heterocycles. The van der Waals surface area contributed by atoms with Crippen LogP contribution in [0.1, 0.15) is 0 Å². The number of hydrogen-bond donors (Lipinski definition) is 0. The van der Waals surface area contributed by atoms with E-state index in [0.717, 1.165) is 22.1 Å². The number of rotatable bonds is 5. The zero-order valence-electron chi connectivity index (χ0n) is 15.8. The number of halogens is 1. The first-order chi connectivity index (χ1) is 14.0. The van der Waals surface area contributed by atoms with E-state index in [0.29, 0.717) is 31.2 Å². The fraction of sp³-hybridized carbons (Fsp3) is 0.250. The van der Waals surface area contributed by atoms with Crippen LogP contribution < -0.4 is 9.64 Å². The Bertz CT molecular complexity index is 1090. The minimum absolute atomic E-state index is 0.268. The minimum atomic E-state index is -3.51. The number of anilines is 1. The SMILES string of the molecule is COc1cccc(-c2csc(N3CCN(S(=O)(=O)c4ccc(Cl)cc4)CC3)n2)c1. The molecule has 0 radical (unpaired) electrons. The summed E-state index contributed by atoms with van der Waals surface area (Å²) < 4.78 is 32.5. The van der Waals surface area contributed by atoms with Crippen molar-refractivity contribution in [1.82, 2.24) is 9.29 Å². The highest BCUT2D eigenvalue weighted by Crippen LogP contribution is 2.30. The van der Waals surface area contributed by atoms with Crippen LogP contribution in [0, 0.1) is 0 Å². The van der Waals surface area contributed by atoms with Crippen LogP contribution in [-0.2, 0) is 10.0 Å². The molecule has 1 aliphatic heterocycles. The molecule has 1 aliphatic rings. The molecule has 2 aromatic carbocycles. The van der Waals surface area contributed by atoms with E-state index in [1.165, 1.54) is 4.31 Å². The summed E-state index contributed by atoms with van der Waals surface area (Å²) in [7, 11) is -1.87. The lowest BCUT2D eigenvalue weighted by Crippen LogP contribution is -2.48. The monoisotopic (exact) mass is 449 g/mol. The van der Waals surface area contributed by atoms with E-state index >= 15 is 0 Å². The molecule has 0 unspecified atom stereocenters. The van der Waals surface area contributed by atoms with E-state index < -0.39 is 10.0 Å². The van der Waals surface area contributed by atoms with Gasteiger partial charge in [0.2, 0.25) is 10.0 Å². The lowest BCUT2D eigenvalue weighted by atomic mass is 10.2. The Labute approximate surface area is 179 Å². The molecule has 0 spiro atoms. The number of thiazole rings is 1. The summed E-state index contributed by atoms with van der Waals surface area (Å²) in [5.74, 6) is 0.790. The van der Waals surface area contributed by atoms with Crippen LogP contribution in [0.5, 0.6) is 5.75 Å². The molecular formula is C20H20ClN3O3S2. The van der Waals surface area contributed by atoms with Gasteiger partial charge in [-0.2, -0.15) is 4.31 Å². The van der Waals surface area contributed by atoms with Crippen molar-refractivity contribution in [3.05, 3.63) is 58.9 Å². The topological polar surface area (TPSA) is 62.7 Å². The fourth-order valence-corrected chi connectivity index (χ4v) is 5.64. The number of aromatic nitrogens is 1. The zero-order valence-corrected chi connectivity index (χ0v) is 18.2. The highest BCUT2D eigenvalue weighted by Gasteiger charge is 2.29. The normalized spacial score (nSPS) is 15.4. The first-order valence-corrected chi connectivity index (χ1v) is 11.8. The van der Waals surface area contributed by atoms with Gasteiger partial charge in [0.25, 0.3) is 0 Å². The molecule has 29 heavy (non-hydrogen) atoms. The van der Waals surface area contributed by atoms with Crippen molar-refractivity contribution in [2.75, 3.05) is 38.2 Å². The second kappa shape index (κ2) is 8.31. The second-order valence-electron chi connectivity index (χ2n) is 6.59. The van der Waals surface area contributed by atoms with Crippen molar-refractivity contribution >= 4 is 38.1 Å². The Balaban J connectivity index is 1.45. The van der Waals surface area contributed by atoms with Crippen LogP contribution in [0.3, 0.4) is 0 Å². The molecule has 0 amide bonds. The van der Waals surface area contributed by atoms with E-state index in [2.05, 4.69) is 4.90 Å². The molecular weight excluding hydrogens is 430 g/mol. The maximum absolute atomic E-state index is 12.8. The summed E-state index contributed by atoms with van der Waals surface area (Å²) in [6, 6.07) is 14.1. The standard InChI is InChI=1S/C20H20ClN3O3S2/c1-27-17-4-2-3-15(13-17)19-14-28-20(22-19)23-9-11-24(12-10-23)29(25,26)18-7-5-16(21)6-8-18/h2-8,13-14H,9-12H2,1H3. The molecule has 0 atom stereocenters. The van der Waals surface area contributed by atoms with Gasteiger partial charge in [0.1, 0.15) is 5.75 Å². The van der Waals surface area contributed by atoms with Crippen molar-refractivity contribution < 1.29 is 13.2 Å². The summed E-state index contributed by atoms with van der Waals surface area (Å²) in [6.45, 7) is 2.02. The molecule has 0 bridgehead atoms. The van der Waals surface area contributed by atoms with Crippen LogP contribution in [0.2, 0.25) is 5.02 Å². The Morgan fingerprint density at radius 3 is 2.48 bits per heavy atom. The van der Waals surface area contributed by atoms with Crippen molar-refractivity contribution in [2.45, 2.75) is 4.90 Å². The van der Waals surface area contributed by atoms with E-state index in [4.69, 9.17) is 21.3 Å². The van der Waals surface area contributed by atoms with E-state index in [-0.39, 0.29) is 4.90 Å². The van der Waals surface area contributed by atoms with Crippen molar-refractivity contribution in [2.24, 2.45) is 0 Å². The predicted molar refractivity (Wildman–Crippen MR) is 117 cm³/mol. The second-order valence-corrected chi connectivity index (χ2v) is 9.80. The molecule has 0 N–H and O–H groups in total. The summed E-state index contributed by atoms with van der Waals surface area (Å²) in [5, 5.41) is 3.43. The number of hydrogen-bond acceptors (Lipinski definition) is 6. The number of ether oxygens (including phenoxy) is 1. The van der Waals surface area contributed by atoms with Gasteiger partial charge < -0.3 is 9.64 Å². The third-order valence-electron chi connectivity index (χ3n) is 4.82. The Morgan fingerprint density at radius 1 is 1.07 bits per heavy atom. The highest BCUT2D eigenvalue weighted by molar-refractivity contribution is 7.89. The van der Waals surface area contributed by atoms with E-state index in [9.17, 15) is 8.42 Å². The van der Waals surface area contributed by atoms with Crippen LogP contribution in [0.15, 0.2) is 58.8 Å². The quantitative estimate of drug-likeness (QED) is 0.589. The van der Waals surface area contributed by atoms with Gasteiger partial charge in [0, 0.05) is 42.1 Å². The molecule has 0 saturated carbocycles. The Hall–Kier alpha value is -2.13. The summed E-state index contributed by atoms with van der Waals surface area (Å²) in [5.41, 5.74) is 1.89. The van der Waals surface area contributed by atoms with E-state index in [1.54, 1.807) is 42.7 Å². The molecule has 0 aliphatic carbocycles. The van der Waals surface area contributed by atoms with Gasteiger partial charge >= 0.3 is 0 Å². The van der Waals surface area contributed by atoms with Gasteiger partial charge in [0.15, 0.2) is 5.13 Å². The maximum atomic E-state index is 12.8. The first-order valence-electron chi connectivity index (χ1n) is 9.08. The third kappa shape index (κ3) is 4.25. The third-order valence-corrected chi connectivity index (χ3v) is 7.88. The van der Waals surface area contributed by atoms with Crippen molar-refractivity contribution in [3.8, 4) is 17.0 Å². The van der Waals surface area contributed by atoms with Gasteiger partial charge in [-0.15, -0.1) is 11.3 Å². The molecule has 152 valence electrons. The van der Waals surface area contributed by atoms with Gasteiger partial charge in [-0.1, -0.05) is 23.7 Å². The fourth-order valence-electron chi connectivity index (χ4n) is 3.20. The smallest absolute Gasteiger partial charge is 0.243 e. The summed E-state index contributed by atoms with van der Waals surface area (Å²) in [4.78, 5) is 7.14. The highest BCUT2D eigenvalue weighted by atomic mass is 35.5. The number of piperazine rings is 1. The number of nitrogens with zero attached hydrogens (tertiary/aromatic N) is 3. The number of methoxy groups -OCH3 is 1. The molecule has 1 aromatic heterocycles. The van der Waals surface area contributed by atoms with Gasteiger partial charge in [0.05, 0.1) is 17.7 Å². The zero-order chi connectivity index (χ0) is 20.4. The molecule has 3 aromatic rings. The van der Waals surface area contributed by atoms with Gasteiger partial charge in [-0.05, 0) is 36.4 Å². The number of sulfonamides is 1. The number of benzene rings is 2. The average Bonchev–Trinajstić information content (AvgIpc) is 3.24. The first kappa shape index (κ1) is 20.2. The van der Waals surface area contributed by atoms with Crippen LogP contribution in [-0.4, -0.2) is 51.0 Å². The van der Waals surface area contributed by atoms with Gasteiger partial charge in [-0.3, -0.25) is 0 Å². The Kier molecular flexibility index (Phi) is 5.78. The van der Waals surface area contributed by atoms with Gasteiger partial charge in [-0.25, -0.2) is 13.4 Å². The van der Waals surface area contributed by atoms with Crippen LogP contribution >= 0.6 is 22.9 Å². The van der Waals surface area contributed by atoms with Crippen molar-refractivity contribution in [1.29, 1.82) is 0 Å². The van der Waals surface area contributed by atoms with Crippen LogP contribution in [0.4, 0.5) is 5.13 Å². The molecule has 4 rings (SSSR count). The summed E-state index contributed by atoms with van der Waals surface area (Å²) in [6.07, 6.45) is 0. The Morgan fingerprint density at radius 2 is 1.79 bits per heavy atom. The van der Waals surface area contributed by atoms with Crippen molar-refractivity contribution in [3.63, 3.8) is 0 Å². The maximum Gasteiger partial charge on any atom is 0.243 e. The lowest BCUT2D eigenvalue weighted by molar-refractivity contribution is 0.385.